The van der Waals surface area contributed by atoms with Gasteiger partial charge in [0.15, 0.2) is 0 Å². The molecule has 4 nitrogen and oxygen atoms in total. The van der Waals surface area contributed by atoms with Crippen molar-refractivity contribution in [2.24, 2.45) is 11.8 Å². The number of carbonyl (C=O) groups excluding carboxylic acids is 1. The smallest absolute Gasteiger partial charge is 0.225 e. The average Bonchev–Trinajstić information content (AvgIpc) is 3.07. The number of amides is 1. The second kappa shape index (κ2) is 7.19. The Bertz CT molecular complexity index is 245. The van der Waals surface area contributed by atoms with E-state index in [1.165, 1.54) is 12.8 Å². The lowest BCUT2D eigenvalue weighted by atomic mass is 10.00. The fourth-order valence-corrected chi connectivity index (χ4v) is 2.32. The quantitative estimate of drug-likeness (QED) is 0.776. The predicted octanol–water partition coefficient (Wildman–Crippen LogP) is 0.949. The van der Waals surface area contributed by atoms with Gasteiger partial charge in [0.25, 0.3) is 0 Å². The maximum Gasteiger partial charge on any atom is 0.225 e. The van der Waals surface area contributed by atoms with Gasteiger partial charge in [-0.15, -0.1) is 12.4 Å². The van der Waals surface area contributed by atoms with Crippen molar-refractivity contribution < 1.29 is 9.53 Å². The van der Waals surface area contributed by atoms with Gasteiger partial charge in [0.2, 0.25) is 5.91 Å². The maximum absolute atomic E-state index is 11.7. The minimum atomic E-state index is 0. The third-order valence-corrected chi connectivity index (χ3v) is 3.41. The standard InChI is InChI=1S/C12H22N2O2.ClH/c1-2-16-11-6-10(11)12(15)14-8-9-4-3-5-13-7-9;/h9-11,13H,2-8H2,1H3,(H,14,15);1H. The van der Waals surface area contributed by atoms with Gasteiger partial charge in [-0.2, -0.15) is 0 Å². The van der Waals surface area contributed by atoms with E-state index in [0.717, 1.165) is 26.1 Å². The summed E-state index contributed by atoms with van der Waals surface area (Å²) in [6.45, 7) is 5.67. The van der Waals surface area contributed by atoms with Crippen LogP contribution in [0.3, 0.4) is 0 Å². The lowest BCUT2D eigenvalue weighted by Crippen LogP contribution is -2.38. The summed E-state index contributed by atoms with van der Waals surface area (Å²) in [5, 5.41) is 6.40. The third kappa shape index (κ3) is 4.45. The first-order valence-corrected chi connectivity index (χ1v) is 6.41. The molecule has 17 heavy (non-hydrogen) atoms. The Morgan fingerprint density at radius 3 is 3.00 bits per heavy atom. The number of rotatable bonds is 5. The monoisotopic (exact) mass is 262 g/mol. The number of carbonyl (C=O) groups is 1. The maximum atomic E-state index is 11.7. The summed E-state index contributed by atoms with van der Waals surface area (Å²) < 4.78 is 5.41. The first-order valence-electron chi connectivity index (χ1n) is 6.41. The molecule has 1 saturated heterocycles. The van der Waals surface area contributed by atoms with Crippen LogP contribution in [0, 0.1) is 11.8 Å². The van der Waals surface area contributed by atoms with Gasteiger partial charge < -0.3 is 15.4 Å². The summed E-state index contributed by atoms with van der Waals surface area (Å²) in [5.41, 5.74) is 0. The predicted molar refractivity (Wildman–Crippen MR) is 69.4 cm³/mol. The summed E-state index contributed by atoms with van der Waals surface area (Å²) in [6.07, 6.45) is 3.55. The average molecular weight is 263 g/mol. The van der Waals surface area contributed by atoms with Crippen molar-refractivity contribution in [3.8, 4) is 0 Å². The Morgan fingerprint density at radius 1 is 1.53 bits per heavy atom. The number of hydrogen-bond donors (Lipinski definition) is 2. The normalized spacial score (nSPS) is 31.5. The lowest BCUT2D eigenvalue weighted by Gasteiger charge is -2.22. The van der Waals surface area contributed by atoms with E-state index < -0.39 is 0 Å². The second-order valence-electron chi connectivity index (χ2n) is 4.79. The molecule has 1 heterocycles. The zero-order valence-corrected chi connectivity index (χ0v) is 11.2. The highest BCUT2D eigenvalue weighted by molar-refractivity contribution is 5.85. The minimum absolute atomic E-state index is 0. The SMILES string of the molecule is CCOC1CC1C(=O)NCC1CCCNC1.Cl. The van der Waals surface area contributed by atoms with Crippen molar-refractivity contribution in [2.45, 2.75) is 32.3 Å². The van der Waals surface area contributed by atoms with E-state index in [1.807, 2.05) is 6.92 Å². The molecule has 1 aliphatic heterocycles. The molecule has 0 aromatic rings. The number of halogens is 1. The Morgan fingerprint density at radius 2 is 2.35 bits per heavy atom. The first kappa shape index (κ1) is 14.7. The molecule has 0 aromatic heterocycles. The molecule has 2 rings (SSSR count). The Kier molecular flexibility index (Phi) is 6.23. The van der Waals surface area contributed by atoms with E-state index in [1.54, 1.807) is 0 Å². The number of piperidine rings is 1. The van der Waals surface area contributed by atoms with Gasteiger partial charge in [0, 0.05) is 13.2 Å². The zero-order valence-electron chi connectivity index (χ0n) is 10.4. The molecule has 1 amide bonds. The third-order valence-electron chi connectivity index (χ3n) is 3.41. The molecule has 2 fully saturated rings. The van der Waals surface area contributed by atoms with Crippen LogP contribution in [0.25, 0.3) is 0 Å². The lowest BCUT2D eigenvalue weighted by molar-refractivity contribution is -0.123. The number of hydrogen-bond acceptors (Lipinski definition) is 3. The molecule has 5 heteroatoms. The van der Waals surface area contributed by atoms with E-state index in [9.17, 15) is 4.79 Å². The topological polar surface area (TPSA) is 50.4 Å². The van der Waals surface area contributed by atoms with Crippen LogP contribution in [-0.2, 0) is 9.53 Å². The van der Waals surface area contributed by atoms with Crippen LogP contribution in [0.4, 0.5) is 0 Å². The first-order chi connectivity index (χ1) is 7.81. The highest BCUT2D eigenvalue weighted by atomic mass is 35.5. The molecule has 0 spiro atoms. The molecule has 3 atom stereocenters. The van der Waals surface area contributed by atoms with E-state index in [-0.39, 0.29) is 30.3 Å². The van der Waals surface area contributed by atoms with Crippen molar-refractivity contribution in [1.29, 1.82) is 0 Å². The summed E-state index contributed by atoms with van der Waals surface area (Å²) in [6, 6.07) is 0. The highest BCUT2D eigenvalue weighted by Gasteiger charge is 2.43. The van der Waals surface area contributed by atoms with Crippen molar-refractivity contribution >= 4 is 18.3 Å². The number of ether oxygens (including phenoxy) is 1. The molecule has 3 unspecified atom stereocenters. The molecule has 0 aromatic carbocycles. The van der Waals surface area contributed by atoms with Crippen LogP contribution < -0.4 is 10.6 Å². The van der Waals surface area contributed by atoms with Gasteiger partial charge in [-0.25, -0.2) is 0 Å². The minimum Gasteiger partial charge on any atom is -0.378 e. The fraction of sp³-hybridized carbons (Fsp3) is 0.917. The summed E-state index contributed by atoms with van der Waals surface area (Å²) in [4.78, 5) is 11.7. The van der Waals surface area contributed by atoms with Gasteiger partial charge in [-0.05, 0) is 45.2 Å². The van der Waals surface area contributed by atoms with Crippen LogP contribution in [0.5, 0.6) is 0 Å². The highest BCUT2D eigenvalue weighted by Crippen LogP contribution is 2.33. The van der Waals surface area contributed by atoms with Crippen molar-refractivity contribution in [3.05, 3.63) is 0 Å². The van der Waals surface area contributed by atoms with E-state index >= 15 is 0 Å². The summed E-state index contributed by atoms with van der Waals surface area (Å²) in [5.74, 6) is 0.919. The van der Waals surface area contributed by atoms with Gasteiger partial charge in [-0.1, -0.05) is 0 Å². The molecular formula is C12H23ClN2O2. The largest absolute Gasteiger partial charge is 0.378 e. The van der Waals surface area contributed by atoms with Crippen LogP contribution in [-0.4, -0.2) is 38.3 Å². The van der Waals surface area contributed by atoms with Crippen molar-refractivity contribution in [2.75, 3.05) is 26.2 Å². The molecule has 0 bridgehead atoms. The van der Waals surface area contributed by atoms with Crippen molar-refractivity contribution in [1.82, 2.24) is 10.6 Å². The molecule has 2 aliphatic rings. The molecular weight excluding hydrogens is 240 g/mol. The zero-order chi connectivity index (χ0) is 11.4. The molecule has 1 saturated carbocycles. The summed E-state index contributed by atoms with van der Waals surface area (Å²) in [7, 11) is 0. The van der Waals surface area contributed by atoms with Crippen LogP contribution in [0.15, 0.2) is 0 Å². The van der Waals surface area contributed by atoms with Gasteiger partial charge in [0.1, 0.15) is 0 Å². The van der Waals surface area contributed by atoms with E-state index in [2.05, 4.69) is 10.6 Å². The molecule has 100 valence electrons. The summed E-state index contributed by atoms with van der Waals surface area (Å²) >= 11 is 0. The Labute approximate surface area is 109 Å². The Balaban J connectivity index is 0.00000144. The van der Waals surface area contributed by atoms with Crippen LogP contribution in [0.2, 0.25) is 0 Å². The Hall–Kier alpha value is -0.320. The number of nitrogens with one attached hydrogen (secondary N) is 2. The fourth-order valence-electron chi connectivity index (χ4n) is 2.32. The van der Waals surface area contributed by atoms with Crippen molar-refractivity contribution in [3.63, 3.8) is 0 Å². The van der Waals surface area contributed by atoms with Crippen LogP contribution in [0.1, 0.15) is 26.2 Å². The molecule has 0 radical (unpaired) electrons. The van der Waals surface area contributed by atoms with E-state index in [4.69, 9.17) is 4.74 Å². The van der Waals surface area contributed by atoms with E-state index in [0.29, 0.717) is 12.5 Å². The van der Waals surface area contributed by atoms with Gasteiger partial charge >= 0.3 is 0 Å². The second-order valence-corrected chi connectivity index (χ2v) is 4.79. The molecule has 2 N–H and O–H groups in total. The van der Waals surface area contributed by atoms with Crippen LogP contribution >= 0.6 is 12.4 Å². The van der Waals surface area contributed by atoms with Gasteiger partial charge in [-0.3, -0.25) is 4.79 Å². The molecule has 1 aliphatic carbocycles. The van der Waals surface area contributed by atoms with Gasteiger partial charge in [0.05, 0.1) is 12.0 Å².